The van der Waals surface area contributed by atoms with E-state index in [1.807, 2.05) is 0 Å². The van der Waals surface area contributed by atoms with Crippen LogP contribution in [-0.2, 0) is 0 Å². The van der Waals surface area contributed by atoms with Gasteiger partial charge in [-0.2, -0.15) is 13.2 Å². The molecule has 0 aliphatic heterocycles. The van der Waals surface area contributed by atoms with Crippen molar-refractivity contribution in [2.24, 2.45) is 35.5 Å². The molecule has 0 spiro atoms. The lowest BCUT2D eigenvalue weighted by atomic mass is 9.12. The summed E-state index contributed by atoms with van der Waals surface area (Å²) in [5.41, 5.74) is -14.3. The highest BCUT2D eigenvalue weighted by atomic mass is 19.4. The van der Waals surface area contributed by atoms with Gasteiger partial charge in [-0.05, 0) is 48.3 Å². The fourth-order valence-corrected chi connectivity index (χ4v) is 10.3. The Balaban J connectivity index is 0.000000438. The number of hydrogen-bond donors (Lipinski definition) is 1. The fourth-order valence-electron chi connectivity index (χ4n) is 10.3. The van der Waals surface area contributed by atoms with Gasteiger partial charge in [-0.3, -0.25) is 0 Å². The highest BCUT2D eigenvalue weighted by molar-refractivity contribution is 7.20. The van der Waals surface area contributed by atoms with Gasteiger partial charge in [0.2, 0.25) is 0 Å². The molecular formula is C56H65BF23N. The molecule has 0 fully saturated rings. The first-order valence-corrected chi connectivity index (χ1v) is 26.6. The highest BCUT2D eigenvalue weighted by Gasteiger charge is 2.52. The molecule has 4 aromatic carbocycles. The van der Waals surface area contributed by atoms with Gasteiger partial charge in [0.1, 0.15) is 52.7 Å². The Labute approximate surface area is 456 Å². The van der Waals surface area contributed by atoms with Crippen molar-refractivity contribution in [2.45, 2.75) is 151 Å². The molecule has 1 N–H and O–H groups in total. The molecule has 458 valence electrons. The second-order valence-corrected chi connectivity index (χ2v) is 22.4. The molecule has 1 nitrogen and oxygen atoms in total. The van der Waals surface area contributed by atoms with Crippen LogP contribution < -0.4 is 26.8 Å². The molecule has 81 heavy (non-hydrogen) atoms. The second-order valence-electron chi connectivity index (χ2n) is 22.4. The third kappa shape index (κ3) is 17.0. The molecule has 0 bridgehead atoms. The number of alkyl halides is 3. The van der Waals surface area contributed by atoms with E-state index in [0.29, 0.717) is 24.9 Å². The van der Waals surface area contributed by atoms with E-state index in [1.165, 1.54) is 64.2 Å². The van der Waals surface area contributed by atoms with E-state index in [1.54, 1.807) is 0 Å². The van der Waals surface area contributed by atoms with Crippen LogP contribution in [0.1, 0.15) is 145 Å². The topological polar surface area (TPSA) is 4.44 Å². The third-order valence-electron chi connectivity index (χ3n) is 14.9. The molecule has 25 heteroatoms. The molecule has 4 atom stereocenters. The van der Waals surface area contributed by atoms with Crippen molar-refractivity contribution < 1.29 is 106 Å². The maximum Gasteiger partial charge on any atom is 0.438 e. The average molecular weight is 1200 g/mol. The lowest BCUT2D eigenvalue weighted by Gasteiger charge is -2.44. The SMILES string of the molecule is CC(C)CCCC(C)CCCC(C)CC[NH+](CCC(C)CCCC(C)CCCC(C)C)CC(F)(F)F.Fc1c(F)c(F)c([B-](c2c(F)c(F)c(F)c(F)c2F)(c2c(F)c(F)c(F)c(F)c2F)c2c(F)c(F)c(F)c(F)c2F)c(F)c1F. The van der Waals surface area contributed by atoms with Crippen LogP contribution >= 0.6 is 0 Å². The highest BCUT2D eigenvalue weighted by Crippen LogP contribution is 2.31. The summed E-state index contributed by atoms with van der Waals surface area (Å²) in [6, 6.07) is 0. The minimum Gasteiger partial charge on any atom is -0.327 e. The number of nitrogens with one attached hydrogen (secondary N) is 1. The first-order chi connectivity index (χ1) is 37.5. The van der Waals surface area contributed by atoms with Crippen molar-refractivity contribution in [3.05, 3.63) is 116 Å². The maximum atomic E-state index is 15.4. The van der Waals surface area contributed by atoms with E-state index in [4.69, 9.17) is 0 Å². The first-order valence-electron chi connectivity index (χ1n) is 26.6. The zero-order valence-electron chi connectivity index (χ0n) is 45.8. The van der Waals surface area contributed by atoms with E-state index < -0.39 is 157 Å². The molecule has 4 rings (SSSR count). The summed E-state index contributed by atoms with van der Waals surface area (Å²) in [4.78, 5) is 0.741. The molecular weight excluding hydrogens is 1130 g/mol. The molecule has 0 radical (unpaired) electrons. The van der Waals surface area contributed by atoms with Crippen LogP contribution in [0.4, 0.5) is 101 Å². The van der Waals surface area contributed by atoms with E-state index in [9.17, 15) is 65.9 Å². The molecule has 0 saturated heterocycles. The number of benzene rings is 4. The molecule has 0 saturated carbocycles. The minimum absolute atomic E-state index is 0.519. The van der Waals surface area contributed by atoms with Gasteiger partial charge in [0.05, 0.1) is 13.1 Å². The average Bonchev–Trinajstić information content (AvgIpc) is 3.59. The third-order valence-corrected chi connectivity index (χ3v) is 14.9. The largest absolute Gasteiger partial charge is 0.438 e. The second kappa shape index (κ2) is 30.2. The minimum atomic E-state index is -7.22. The smallest absolute Gasteiger partial charge is 0.327 e. The van der Waals surface area contributed by atoms with Crippen molar-refractivity contribution in [1.29, 1.82) is 0 Å². The van der Waals surface area contributed by atoms with Crippen molar-refractivity contribution in [1.82, 2.24) is 0 Å². The maximum absolute atomic E-state index is 15.4. The summed E-state index contributed by atoms with van der Waals surface area (Å²) >= 11 is 0. The standard InChI is InChI=1S/C32H64F3N.C24BF20/c1-26(2)13-9-15-28(5)17-11-19-30(7)21-23-36(25-32(33,34)35)24-22-31(8)20-12-18-29(6)16-10-14-27(3)4;26-5-1(6(27)14(35)21(42)13(5)34)25(2-7(28)15(36)22(43)16(37)8(2)29,3-9(30)17(38)23(44)18(39)10(3)31)4-11(32)19(40)24(45)20(41)12(4)33/h26-31H,9-25H2,1-8H3;/q;-1/p+1. The Morgan fingerprint density at radius 1 is 0.272 bits per heavy atom. The molecule has 4 aromatic rings. The van der Waals surface area contributed by atoms with Crippen LogP contribution in [0.3, 0.4) is 0 Å². The lowest BCUT2D eigenvalue weighted by Crippen LogP contribution is -3.13. The van der Waals surface area contributed by atoms with E-state index >= 15 is 35.1 Å². The summed E-state index contributed by atoms with van der Waals surface area (Å²) in [6.07, 6.45) is 5.68. The van der Waals surface area contributed by atoms with Gasteiger partial charge in [-0.25, -0.2) is 87.8 Å². The normalized spacial score (nSPS) is 14.2. The van der Waals surface area contributed by atoms with Gasteiger partial charge in [0, 0.05) is 0 Å². The van der Waals surface area contributed by atoms with Gasteiger partial charge in [0.25, 0.3) is 0 Å². The Morgan fingerprint density at radius 3 is 0.630 bits per heavy atom. The van der Waals surface area contributed by atoms with Crippen molar-refractivity contribution in [2.75, 3.05) is 19.6 Å². The zero-order chi connectivity index (χ0) is 61.9. The molecule has 0 heterocycles. The quantitative estimate of drug-likeness (QED) is 0.0263. The van der Waals surface area contributed by atoms with Crippen LogP contribution in [0.2, 0.25) is 0 Å². The number of halogens is 23. The van der Waals surface area contributed by atoms with Crippen LogP contribution in [0.15, 0.2) is 0 Å². The summed E-state index contributed by atoms with van der Waals surface area (Å²) < 4.78 is 334. The van der Waals surface area contributed by atoms with E-state index in [0.717, 1.165) is 54.3 Å². The number of rotatable bonds is 27. The predicted molar refractivity (Wildman–Crippen MR) is 262 cm³/mol. The van der Waals surface area contributed by atoms with E-state index in [2.05, 4.69) is 55.4 Å². The summed E-state index contributed by atoms with van der Waals surface area (Å²) in [5, 5.41) is 0. The van der Waals surface area contributed by atoms with E-state index in [-0.39, 0.29) is 0 Å². The van der Waals surface area contributed by atoms with Crippen LogP contribution in [-0.4, -0.2) is 32.0 Å². The Hall–Kier alpha value is -4.71. The lowest BCUT2D eigenvalue weighted by molar-refractivity contribution is -0.911. The predicted octanol–water partition coefficient (Wildman–Crippen LogP) is 15.6. The monoisotopic (exact) mass is 1200 g/mol. The molecule has 0 aromatic heterocycles. The van der Waals surface area contributed by atoms with Gasteiger partial charge in [-0.1, -0.05) is 132 Å². The summed E-state index contributed by atoms with van der Waals surface area (Å²) in [7, 11) is 0. The number of quaternary nitrogens is 1. The fraction of sp³-hybridized carbons (Fsp3) is 0.571. The zero-order valence-corrected chi connectivity index (χ0v) is 45.8. The molecule has 0 amide bonds. The molecule has 0 aliphatic carbocycles. The van der Waals surface area contributed by atoms with Crippen LogP contribution in [0, 0.1) is 152 Å². The number of hydrogen-bond acceptors (Lipinski definition) is 0. The van der Waals surface area contributed by atoms with Gasteiger partial charge in [0.15, 0.2) is 76.4 Å². The van der Waals surface area contributed by atoms with Crippen molar-refractivity contribution >= 4 is 28.0 Å². The van der Waals surface area contributed by atoms with Gasteiger partial charge in [-0.15, -0.1) is 21.9 Å². The first kappa shape index (κ1) is 70.6. The molecule has 0 aliphatic rings. The summed E-state index contributed by atoms with van der Waals surface area (Å²) in [6.45, 7) is 19.0. The van der Waals surface area contributed by atoms with Crippen molar-refractivity contribution in [3.63, 3.8) is 0 Å². The molecule has 4 unspecified atom stereocenters. The Bertz CT molecular complexity index is 2330. The van der Waals surface area contributed by atoms with Gasteiger partial charge < -0.3 is 4.90 Å². The van der Waals surface area contributed by atoms with Crippen LogP contribution in [0.5, 0.6) is 0 Å². The van der Waals surface area contributed by atoms with Crippen molar-refractivity contribution in [3.8, 4) is 0 Å². The Morgan fingerprint density at radius 2 is 0.444 bits per heavy atom. The Kier molecular flexibility index (Phi) is 26.3. The van der Waals surface area contributed by atoms with Crippen LogP contribution in [0.25, 0.3) is 0 Å². The summed E-state index contributed by atoms with van der Waals surface area (Å²) in [5.74, 6) is -67.2. The van der Waals surface area contributed by atoms with Gasteiger partial charge >= 0.3 is 6.18 Å².